The topological polar surface area (TPSA) is 42.0 Å². The molecule has 0 radical (unpaired) electrons. The molecule has 0 aliphatic rings. The molecule has 1 amide bonds. The number of carbonyl (C=O) groups excluding carboxylic acids is 1. The monoisotopic (exact) mass is 350 g/mol. The summed E-state index contributed by atoms with van der Waals surface area (Å²) in [5.74, 6) is -0.0799. The van der Waals surface area contributed by atoms with E-state index >= 15 is 0 Å². The quantitative estimate of drug-likeness (QED) is 0.844. The number of nitrogens with zero attached hydrogens (tertiary/aromatic N) is 1. The SMILES string of the molecule is Cc1cnc(NC(=O)c2sccc2I)s1. The predicted octanol–water partition coefficient (Wildman–Crippen LogP) is 3.37. The van der Waals surface area contributed by atoms with Crippen LogP contribution in [0.4, 0.5) is 5.13 Å². The average molecular weight is 350 g/mol. The molecule has 0 saturated heterocycles. The lowest BCUT2D eigenvalue weighted by Crippen LogP contribution is -2.10. The van der Waals surface area contributed by atoms with Crippen LogP contribution in [0.2, 0.25) is 0 Å². The number of rotatable bonds is 2. The fraction of sp³-hybridized carbons (Fsp3) is 0.111. The number of thiophene rings is 1. The van der Waals surface area contributed by atoms with Crippen LogP contribution >= 0.6 is 45.3 Å². The van der Waals surface area contributed by atoms with E-state index in [2.05, 4.69) is 32.9 Å². The molecular weight excluding hydrogens is 343 g/mol. The second-order valence-electron chi connectivity index (χ2n) is 2.83. The lowest BCUT2D eigenvalue weighted by Gasteiger charge is -1.98. The number of halogens is 1. The number of aryl methyl sites for hydroxylation is 1. The molecule has 6 heteroatoms. The second kappa shape index (κ2) is 4.58. The zero-order valence-corrected chi connectivity index (χ0v) is 11.6. The van der Waals surface area contributed by atoms with Crippen LogP contribution < -0.4 is 5.32 Å². The van der Waals surface area contributed by atoms with E-state index in [1.807, 2.05) is 18.4 Å². The molecule has 2 aromatic heterocycles. The number of carbonyl (C=O) groups is 1. The molecule has 2 rings (SSSR count). The van der Waals surface area contributed by atoms with Gasteiger partial charge in [-0.15, -0.1) is 22.7 Å². The van der Waals surface area contributed by atoms with Gasteiger partial charge in [0.2, 0.25) is 0 Å². The number of thiazole rings is 1. The van der Waals surface area contributed by atoms with Crippen molar-refractivity contribution in [1.29, 1.82) is 0 Å². The Bertz CT molecular complexity index is 492. The van der Waals surface area contributed by atoms with Crippen molar-refractivity contribution in [2.75, 3.05) is 5.32 Å². The molecule has 0 bridgehead atoms. The lowest BCUT2D eigenvalue weighted by atomic mass is 10.4. The molecule has 3 nitrogen and oxygen atoms in total. The van der Waals surface area contributed by atoms with E-state index in [9.17, 15) is 4.79 Å². The van der Waals surface area contributed by atoms with Crippen LogP contribution in [0.1, 0.15) is 14.5 Å². The van der Waals surface area contributed by atoms with Gasteiger partial charge in [0.25, 0.3) is 5.91 Å². The van der Waals surface area contributed by atoms with E-state index in [1.54, 1.807) is 6.20 Å². The molecule has 0 spiro atoms. The number of hydrogen-bond acceptors (Lipinski definition) is 4. The third-order valence-electron chi connectivity index (χ3n) is 1.67. The molecule has 0 unspecified atom stereocenters. The summed E-state index contributed by atoms with van der Waals surface area (Å²) < 4.78 is 0.975. The van der Waals surface area contributed by atoms with Crippen LogP contribution in [0, 0.1) is 10.5 Å². The maximum absolute atomic E-state index is 11.8. The van der Waals surface area contributed by atoms with Gasteiger partial charge in [0.05, 0.1) is 0 Å². The van der Waals surface area contributed by atoms with Gasteiger partial charge in [-0.05, 0) is 41.0 Å². The van der Waals surface area contributed by atoms with E-state index in [4.69, 9.17) is 0 Å². The summed E-state index contributed by atoms with van der Waals surface area (Å²) in [5, 5.41) is 5.34. The molecule has 0 aliphatic heterocycles. The lowest BCUT2D eigenvalue weighted by molar-refractivity contribution is 0.103. The molecule has 2 aromatic rings. The number of nitrogens with one attached hydrogen (secondary N) is 1. The Labute approximate surface area is 109 Å². The number of hydrogen-bond donors (Lipinski definition) is 1. The highest BCUT2D eigenvalue weighted by atomic mass is 127. The maximum Gasteiger partial charge on any atom is 0.268 e. The van der Waals surface area contributed by atoms with Crippen molar-refractivity contribution in [3.8, 4) is 0 Å². The van der Waals surface area contributed by atoms with Crippen molar-refractivity contribution >= 4 is 56.3 Å². The Morgan fingerprint density at radius 2 is 2.40 bits per heavy atom. The molecule has 15 heavy (non-hydrogen) atoms. The van der Waals surface area contributed by atoms with Crippen molar-refractivity contribution in [3.05, 3.63) is 31.0 Å². The van der Waals surface area contributed by atoms with Crippen molar-refractivity contribution in [3.63, 3.8) is 0 Å². The molecule has 0 atom stereocenters. The summed E-state index contributed by atoms with van der Waals surface area (Å²) in [4.78, 5) is 17.7. The standard InChI is InChI=1S/C9H7IN2OS2/c1-5-4-11-9(15-5)12-8(13)7-6(10)2-3-14-7/h2-4H,1H3,(H,11,12,13). The molecule has 1 N–H and O–H groups in total. The van der Waals surface area contributed by atoms with Crippen LogP contribution in [0.5, 0.6) is 0 Å². The van der Waals surface area contributed by atoms with Crippen LogP contribution in [0.25, 0.3) is 0 Å². The van der Waals surface area contributed by atoms with Crippen molar-refractivity contribution in [2.45, 2.75) is 6.92 Å². The first-order valence-corrected chi connectivity index (χ1v) is 6.91. The normalized spacial score (nSPS) is 10.3. The van der Waals surface area contributed by atoms with Gasteiger partial charge in [-0.2, -0.15) is 0 Å². The van der Waals surface area contributed by atoms with Gasteiger partial charge >= 0.3 is 0 Å². The summed E-state index contributed by atoms with van der Waals surface area (Å²) in [6, 6.07) is 1.92. The van der Waals surface area contributed by atoms with Gasteiger partial charge in [-0.3, -0.25) is 10.1 Å². The molecule has 0 saturated carbocycles. The Balaban J connectivity index is 2.14. The largest absolute Gasteiger partial charge is 0.297 e. The molecule has 78 valence electrons. The van der Waals surface area contributed by atoms with E-state index in [0.717, 1.165) is 13.3 Å². The minimum absolute atomic E-state index is 0.0799. The van der Waals surface area contributed by atoms with Gasteiger partial charge in [0.15, 0.2) is 5.13 Å². The molecule has 0 aromatic carbocycles. The number of amides is 1. The Hall–Kier alpha value is -0.470. The van der Waals surface area contributed by atoms with Crippen LogP contribution in [-0.2, 0) is 0 Å². The number of anilines is 1. The van der Waals surface area contributed by atoms with Gasteiger partial charge in [0, 0.05) is 14.6 Å². The number of aromatic nitrogens is 1. The minimum Gasteiger partial charge on any atom is -0.297 e. The zero-order chi connectivity index (χ0) is 10.8. The fourth-order valence-corrected chi connectivity index (χ4v) is 3.41. The first-order chi connectivity index (χ1) is 7.16. The molecular formula is C9H7IN2OS2. The summed E-state index contributed by atoms with van der Waals surface area (Å²) in [5.41, 5.74) is 0. The van der Waals surface area contributed by atoms with E-state index < -0.39 is 0 Å². The highest BCUT2D eigenvalue weighted by Crippen LogP contribution is 2.22. The average Bonchev–Trinajstić information content (AvgIpc) is 2.75. The second-order valence-corrected chi connectivity index (χ2v) is 6.14. The van der Waals surface area contributed by atoms with Crippen molar-refractivity contribution < 1.29 is 4.79 Å². The van der Waals surface area contributed by atoms with E-state index in [1.165, 1.54) is 22.7 Å². The molecule has 0 aliphatic carbocycles. The zero-order valence-electron chi connectivity index (χ0n) is 7.78. The Morgan fingerprint density at radius 1 is 1.60 bits per heavy atom. The fourth-order valence-electron chi connectivity index (χ4n) is 1.02. The van der Waals surface area contributed by atoms with E-state index in [-0.39, 0.29) is 5.91 Å². The van der Waals surface area contributed by atoms with Gasteiger partial charge in [0.1, 0.15) is 4.88 Å². The predicted molar refractivity (Wildman–Crippen MR) is 71.8 cm³/mol. The third-order valence-corrected chi connectivity index (χ3v) is 4.67. The summed E-state index contributed by atoms with van der Waals surface area (Å²) in [7, 11) is 0. The summed E-state index contributed by atoms with van der Waals surface area (Å²) >= 11 is 5.07. The van der Waals surface area contributed by atoms with Crippen molar-refractivity contribution in [1.82, 2.24) is 4.98 Å². The van der Waals surface area contributed by atoms with E-state index in [0.29, 0.717) is 5.13 Å². The highest BCUT2D eigenvalue weighted by Gasteiger charge is 2.12. The molecule has 2 heterocycles. The third kappa shape index (κ3) is 2.56. The van der Waals surface area contributed by atoms with Crippen LogP contribution in [0.3, 0.4) is 0 Å². The smallest absolute Gasteiger partial charge is 0.268 e. The van der Waals surface area contributed by atoms with Crippen LogP contribution in [0.15, 0.2) is 17.6 Å². The summed E-state index contributed by atoms with van der Waals surface area (Å²) in [6.45, 7) is 1.96. The van der Waals surface area contributed by atoms with Crippen LogP contribution in [-0.4, -0.2) is 10.9 Å². The van der Waals surface area contributed by atoms with Crippen molar-refractivity contribution in [2.24, 2.45) is 0 Å². The maximum atomic E-state index is 11.8. The minimum atomic E-state index is -0.0799. The van der Waals surface area contributed by atoms with Gasteiger partial charge in [-0.1, -0.05) is 0 Å². The first kappa shape index (κ1) is 11.0. The highest BCUT2D eigenvalue weighted by molar-refractivity contribution is 14.1. The first-order valence-electron chi connectivity index (χ1n) is 4.13. The van der Waals surface area contributed by atoms with Gasteiger partial charge in [-0.25, -0.2) is 4.98 Å². The summed E-state index contributed by atoms with van der Waals surface area (Å²) in [6.07, 6.45) is 1.75. The van der Waals surface area contributed by atoms with Gasteiger partial charge < -0.3 is 0 Å². The Morgan fingerprint density at radius 3 is 2.93 bits per heavy atom. The Kier molecular flexibility index (Phi) is 3.37. The molecule has 0 fully saturated rings.